The van der Waals surface area contributed by atoms with E-state index in [2.05, 4.69) is 52.6 Å². The minimum atomic E-state index is -0.0171. The molecule has 2 amide bonds. The first kappa shape index (κ1) is 25.8. The van der Waals surface area contributed by atoms with Crippen LogP contribution in [0.25, 0.3) is 0 Å². The molecule has 2 aliphatic rings. The second-order valence-electron chi connectivity index (χ2n) is 9.19. The van der Waals surface area contributed by atoms with E-state index in [1.54, 1.807) is 25.3 Å². The SMILES string of the molecule is COc1ccc(C(=O)N2CCN(CC(=O)N3CCCC3)CC2)cc1OCCc1ccc(I)cc1C. The van der Waals surface area contributed by atoms with Gasteiger partial charge in [0, 0.05) is 54.8 Å². The molecule has 0 aliphatic carbocycles. The van der Waals surface area contributed by atoms with E-state index in [0.717, 1.165) is 32.4 Å². The van der Waals surface area contributed by atoms with Gasteiger partial charge in [-0.3, -0.25) is 14.5 Å². The Balaban J connectivity index is 1.32. The predicted molar refractivity (Wildman–Crippen MR) is 144 cm³/mol. The maximum atomic E-state index is 13.2. The Labute approximate surface area is 221 Å². The summed E-state index contributed by atoms with van der Waals surface area (Å²) in [6, 6.07) is 11.8. The summed E-state index contributed by atoms with van der Waals surface area (Å²) in [6.07, 6.45) is 2.99. The second-order valence-corrected chi connectivity index (χ2v) is 10.4. The first-order valence-corrected chi connectivity index (χ1v) is 13.4. The molecule has 2 aromatic carbocycles. The number of aryl methyl sites for hydroxylation is 1. The topological polar surface area (TPSA) is 62.3 Å². The lowest BCUT2D eigenvalue weighted by Crippen LogP contribution is -2.51. The van der Waals surface area contributed by atoms with Gasteiger partial charge in [0.15, 0.2) is 11.5 Å². The van der Waals surface area contributed by atoms with Crippen LogP contribution < -0.4 is 9.47 Å². The third-order valence-corrected chi connectivity index (χ3v) is 7.49. The Bertz CT molecular complexity index is 1050. The molecule has 0 bridgehead atoms. The van der Waals surface area contributed by atoms with E-state index in [1.807, 2.05) is 9.80 Å². The van der Waals surface area contributed by atoms with Gasteiger partial charge in [-0.15, -0.1) is 0 Å². The van der Waals surface area contributed by atoms with Crippen molar-refractivity contribution in [2.24, 2.45) is 0 Å². The lowest BCUT2D eigenvalue weighted by atomic mass is 10.1. The minimum Gasteiger partial charge on any atom is -0.493 e. The summed E-state index contributed by atoms with van der Waals surface area (Å²) in [5.41, 5.74) is 3.09. The first-order chi connectivity index (χ1) is 16.9. The highest BCUT2D eigenvalue weighted by Crippen LogP contribution is 2.29. The molecule has 8 heteroatoms. The van der Waals surface area contributed by atoms with Crippen molar-refractivity contribution in [3.8, 4) is 11.5 Å². The Kier molecular flexibility index (Phi) is 8.89. The quantitative estimate of drug-likeness (QED) is 0.440. The Morgan fingerprint density at radius 3 is 2.34 bits per heavy atom. The van der Waals surface area contributed by atoms with Gasteiger partial charge >= 0.3 is 0 Å². The van der Waals surface area contributed by atoms with Crippen LogP contribution >= 0.6 is 22.6 Å². The van der Waals surface area contributed by atoms with Crippen LogP contribution in [0, 0.1) is 10.5 Å². The summed E-state index contributed by atoms with van der Waals surface area (Å²) in [7, 11) is 1.61. The van der Waals surface area contributed by atoms with Gasteiger partial charge in [0.05, 0.1) is 20.3 Å². The van der Waals surface area contributed by atoms with Crippen LogP contribution in [0.2, 0.25) is 0 Å². The number of carbonyl (C=O) groups is 2. The van der Waals surface area contributed by atoms with Gasteiger partial charge in [-0.2, -0.15) is 0 Å². The van der Waals surface area contributed by atoms with Crippen LogP contribution in [0.4, 0.5) is 0 Å². The van der Waals surface area contributed by atoms with E-state index in [0.29, 0.717) is 56.4 Å². The lowest BCUT2D eigenvalue weighted by Gasteiger charge is -2.35. The molecule has 2 saturated heterocycles. The summed E-state index contributed by atoms with van der Waals surface area (Å²) in [5.74, 6) is 1.39. The minimum absolute atomic E-state index is 0.0171. The Hall–Kier alpha value is -2.33. The summed E-state index contributed by atoms with van der Waals surface area (Å²) in [5, 5.41) is 0. The molecule has 0 radical (unpaired) electrons. The van der Waals surface area contributed by atoms with Crippen LogP contribution in [0.15, 0.2) is 36.4 Å². The van der Waals surface area contributed by atoms with Crippen molar-refractivity contribution >= 4 is 34.4 Å². The van der Waals surface area contributed by atoms with Gasteiger partial charge in [-0.1, -0.05) is 6.07 Å². The number of piperazine rings is 1. The van der Waals surface area contributed by atoms with Gasteiger partial charge in [0.25, 0.3) is 5.91 Å². The number of ether oxygens (including phenoxy) is 2. The zero-order valence-electron chi connectivity index (χ0n) is 20.6. The molecule has 4 rings (SSSR count). The molecule has 0 N–H and O–H groups in total. The van der Waals surface area contributed by atoms with Crippen molar-refractivity contribution in [2.45, 2.75) is 26.2 Å². The Morgan fingerprint density at radius 1 is 0.914 bits per heavy atom. The summed E-state index contributed by atoms with van der Waals surface area (Å²) in [6.45, 7) is 7.45. The molecule has 0 spiro atoms. The van der Waals surface area contributed by atoms with Crippen molar-refractivity contribution < 1.29 is 19.1 Å². The van der Waals surface area contributed by atoms with Gasteiger partial charge in [-0.05, 0) is 83.8 Å². The zero-order chi connectivity index (χ0) is 24.8. The summed E-state index contributed by atoms with van der Waals surface area (Å²) in [4.78, 5) is 31.6. The highest BCUT2D eigenvalue weighted by atomic mass is 127. The second kappa shape index (κ2) is 12.1. The van der Waals surface area contributed by atoms with Gasteiger partial charge in [0.2, 0.25) is 5.91 Å². The smallest absolute Gasteiger partial charge is 0.254 e. The number of carbonyl (C=O) groups excluding carboxylic acids is 2. The fraction of sp³-hybridized carbons (Fsp3) is 0.481. The number of nitrogens with zero attached hydrogens (tertiary/aromatic N) is 3. The van der Waals surface area contributed by atoms with Gasteiger partial charge < -0.3 is 19.3 Å². The molecule has 2 heterocycles. The molecule has 188 valence electrons. The average molecular weight is 591 g/mol. The number of halogens is 1. The van der Waals surface area contributed by atoms with Crippen LogP contribution in [-0.4, -0.2) is 86.0 Å². The molecular weight excluding hydrogens is 557 g/mol. The lowest BCUT2D eigenvalue weighted by molar-refractivity contribution is -0.131. The largest absolute Gasteiger partial charge is 0.493 e. The number of benzene rings is 2. The van der Waals surface area contributed by atoms with Crippen molar-refractivity contribution in [3.05, 3.63) is 56.7 Å². The van der Waals surface area contributed by atoms with Crippen molar-refractivity contribution in [2.75, 3.05) is 59.5 Å². The molecule has 0 atom stereocenters. The highest BCUT2D eigenvalue weighted by molar-refractivity contribution is 14.1. The number of hydrogen-bond acceptors (Lipinski definition) is 5. The predicted octanol–water partition coefficient (Wildman–Crippen LogP) is 3.61. The van der Waals surface area contributed by atoms with Gasteiger partial charge in [-0.25, -0.2) is 0 Å². The number of hydrogen-bond donors (Lipinski definition) is 0. The highest BCUT2D eigenvalue weighted by Gasteiger charge is 2.26. The fourth-order valence-corrected chi connectivity index (χ4v) is 5.33. The van der Waals surface area contributed by atoms with Gasteiger partial charge in [0.1, 0.15) is 0 Å². The maximum Gasteiger partial charge on any atom is 0.254 e. The maximum absolute atomic E-state index is 13.2. The average Bonchev–Trinajstić information content (AvgIpc) is 3.41. The van der Waals surface area contributed by atoms with Crippen LogP contribution in [0.5, 0.6) is 11.5 Å². The third-order valence-electron chi connectivity index (χ3n) is 6.82. The summed E-state index contributed by atoms with van der Waals surface area (Å²) < 4.78 is 12.7. The number of rotatable bonds is 8. The van der Waals surface area contributed by atoms with E-state index in [1.165, 1.54) is 14.7 Å². The van der Waals surface area contributed by atoms with E-state index in [4.69, 9.17) is 9.47 Å². The number of amides is 2. The van der Waals surface area contributed by atoms with E-state index < -0.39 is 0 Å². The van der Waals surface area contributed by atoms with Crippen LogP contribution in [0.1, 0.15) is 34.3 Å². The zero-order valence-corrected chi connectivity index (χ0v) is 22.8. The molecule has 7 nitrogen and oxygen atoms in total. The number of methoxy groups -OCH3 is 1. The molecule has 0 saturated carbocycles. The van der Waals surface area contributed by atoms with E-state index in [9.17, 15) is 9.59 Å². The van der Waals surface area contributed by atoms with Crippen molar-refractivity contribution in [1.29, 1.82) is 0 Å². The van der Waals surface area contributed by atoms with Crippen molar-refractivity contribution in [1.82, 2.24) is 14.7 Å². The van der Waals surface area contributed by atoms with E-state index >= 15 is 0 Å². The first-order valence-electron chi connectivity index (χ1n) is 12.3. The third kappa shape index (κ3) is 6.67. The van der Waals surface area contributed by atoms with Crippen LogP contribution in [0.3, 0.4) is 0 Å². The molecule has 0 unspecified atom stereocenters. The fourth-order valence-electron chi connectivity index (χ4n) is 4.68. The molecule has 2 aliphatic heterocycles. The summed E-state index contributed by atoms with van der Waals surface area (Å²) >= 11 is 2.32. The monoisotopic (exact) mass is 591 g/mol. The normalized spacial score (nSPS) is 16.4. The molecule has 2 aromatic rings. The number of likely N-dealkylation sites (tertiary alicyclic amines) is 1. The molecule has 2 fully saturated rings. The molecule has 0 aromatic heterocycles. The van der Waals surface area contributed by atoms with Crippen molar-refractivity contribution in [3.63, 3.8) is 0 Å². The standard InChI is InChI=1S/C27H34IN3O4/c1-20-17-23(28)7-5-21(20)9-16-35-25-18-22(6-8-24(25)34-2)27(33)31-14-12-29(13-15-31)19-26(32)30-10-3-4-11-30/h5-8,17-18H,3-4,9-16,19H2,1-2H3. The molecular formula is C27H34IN3O4. The molecule has 35 heavy (non-hydrogen) atoms. The van der Waals surface area contributed by atoms with Crippen LogP contribution in [-0.2, 0) is 11.2 Å². The van der Waals surface area contributed by atoms with E-state index in [-0.39, 0.29) is 11.8 Å². The Morgan fingerprint density at radius 2 is 1.66 bits per heavy atom.